The van der Waals surface area contributed by atoms with Crippen LogP contribution in [0, 0.1) is 0 Å². The average molecular weight is 222 g/mol. The van der Waals surface area contributed by atoms with Gasteiger partial charge in [-0.3, -0.25) is 9.59 Å². The van der Waals surface area contributed by atoms with Gasteiger partial charge in [0.25, 0.3) is 0 Å². The summed E-state index contributed by atoms with van der Waals surface area (Å²) in [6, 6.07) is 0. The molecule has 8 heteroatoms. The normalized spacial score (nSPS) is 10.5. The summed E-state index contributed by atoms with van der Waals surface area (Å²) in [5, 5.41) is 31.8. The van der Waals surface area contributed by atoms with Crippen molar-refractivity contribution in [2.24, 2.45) is 0 Å². The number of ketones is 1. The first-order valence-corrected chi connectivity index (χ1v) is 3.55. The van der Waals surface area contributed by atoms with Gasteiger partial charge in [0, 0.05) is 6.92 Å². The van der Waals surface area contributed by atoms with Crippen LogP contribution in [0.2, 0.25) is 0 Å². The molecule has 0 fully saturated rings. The van der Waals surface area contributed by atoms with Gasteiger partial charge in [0.1, 0.15) is 0 Å². The molecule has 0 aliphatic heterocycles. The lowest BCUT2D eigenvalue weighted by molar-refractivity contribution is -0.152. The SMILES string of the molecule is CC(=O)C(=O)O.O=C(O)C[C@H](O)C(=O)O. The molecule has 0 aromatic rings. The number of carboxylic acids is 3. The number of carbonyl (C=O) groups is 4. The number of carbonyl (C=O) groups excluding carboxylic acids is 1. The Balaban J connectivity index is 0. The predicted octanol–water partition coefficient (Wildman–Crippen LogP) is -1.43. The summed E-state index contributed by atoms with van der Waals surface area (Å²) in [7, 11) is 0. The van der Waals surface area contributed by atoms with E-state index >= 15 is 0 Å². The first kappa shape index (κ1) is 15.5. The van der Waals surface area contributed by atoms with Gasteiger partial charge >= 0.3 is 17.9 Å². The molecule has 0 unspecified atom stereocenters. The van der Waals surface area contributed by atoms with Crippen LogP contribution in [0.25, 0.3) is 0 Å². The number of hydrogen-bond acceptors (Lipinski definition) is 5. The van der Waals surface area contributed by atoms with E-state index in [0.717, 1.165) is 6.92 Å². The highest BCUT2D eigenvalue weighted by molar-refractivity contribution is 6.31. The van der Waals surface area contributed by atoms with E-state index in [0.29, 0.717) is 0 Å². The largest absolute Gasteiger partial charge is 0.481 e. The van der Waals surface area contributed by atoms with E-state index in [9.17, 15) is 19.2 Å². The van der Waals surface area contributed by atoms with E-state index in [2.05, 4.69) is 0 Å². The molecule has 0 radical (unpaired) electrons. The Labute approximate surface area is 83.8 Å². The van der Waals surface area contributed by atoms with Crippen molar-refractivity contribution in [1.29, 1.82) is 0 Å². The highest BCUT2D eigenvalue weighted by Crippen LogP contribution is 1.89. The smallest absolute Gasteiger partial charge is 0.371 e. The van der Waals surface area contributed by atoms with E-state index < -0.39 is 36.2 Å². The highest BCUT2D eigenvalue weighted by Gasteiger charge is 2.16. The lowest BCUT2D eigenvalue weighted by atomic mass is 10.3. The van der Waals surface area contributed by atoms with Gasteiger partial charge in [-0.05, 0) is 0 Å². The maximum Gasteiger partial charge on any atom is 0.371 e. The van der Waals surface area contributed by atoms with Crippen LogP contribution in [-0.4, -0.2) is 50.2 Å². The summed E-state index contributed by atoms with van der Waals surface area (Å²) >= 11 is 0. The molecule has 0 amide bonds. The summed E-state index contributed by atoms with van der Waals surface area (Å²) in [4.78, 5) is 38.3. The maximum atomic E-state index is 9.72. The Morgan fingerprint density at radius 2 is 1.40 bits per heavy atom. The standard InChI is InChI=1S/C4H6O5.C3H4O3/c5-2(4(8)9)1-3(6)7;1-2(4)3(5)6/h2,5H,1H2,(H,6,7)(H,8,9);1H3,(H,5,6)/t2-;/m0./s1. The molecule has 0 spiro atoms. The van der Waals surface area contributed by atoms with Gasteiger partial charge < -0.3 is 20.4 Å². The molecular formula is C7H10O8. The lowest BCUT2D eigenvalue weighted by Crippen LogP contribution is -2.22. The number of carboxylic acid groups (broad SMARTS) is 3. The third kappa shape index (κ3) is 12.0. The topological polar surface area (TPSA) is 149 Å². The summed E-state index contributed by atoms with van der Waals surface area (Å²) in [5.74, 6) is -5.05. The molecular weight excluding hydrogens is 212 g/mol. The Morgan fingerprint density at radius 1 is 1.07 bits per heavy atom. The molecule has 4 N–H and O–H groups in total. The van der Waals surface area contributed by atoms with Crippen LogP contribution >= 0.6 is 0 Å². The zero-order valence-corrected chi connectivity index (χ0v) is 7.71. The fourth-order valence-corrected chi connectivity index (χ4v) is 0.253. The number of aliphatic carboxylic acids is 3. The van der Waals surface area contributed by atoms with Gasteiger partial charge in [-0.2, -0.15) is 0 Å². The second kappa shape index (κ2) is 7.44. The van der Waals surface area contributed by atoms with E-state index in [4.69, 9.17) is 20.4 Å². The molecule has 0 bridgehead atoms. The Bertz CT molecular complexity index is 256. The van der Waals surface area contributed by atoms with Gasteiger partial charge in [-0.1, -0.05) is 0 Å². The Kier molecular flexibility index (Phi) is 7.70. The molecule has 0 saturated carbocycles. The third-order valence-corrected chi connectivity index (χ3v) is 0.954. The average Bonchev–Trinajstić information content (AvgIpc) is 2.03. The molecule has 0 aliphatic carbocycles. The van der Waals surface area contributed by atoms with Crippen LogP contribution < -0.4 is 0 Å². The van der Waals surface area contributed by atoms with Gasteiger partial charge in [-0.15, -0.1) is 0 Å². The van der Waals surface area contributed by atoms with Crippen LogP contribution in [0.15, 0.2) is 0 Å². The summed E-state index contributed by atoms with van der Waals surface area (Å²) in [6.07, 6.45) is -2.54. The van der Waals surface area contributed by atoms with Crippen LogP contribution in [0.1, 0.15) is 13.3 Å². The summed E-state index contributed by atoms with van der Waals surface area (Å²) in [5.41, 5.74) is 0. The fourth-order valence-electron chi connectivity index (χ4n) is 0.253. The zero-order chi connectivity index (χ0) is 12.6. The van der Waals surface area contributed by atoms with E-state index in [1.807, 2.05) is 0 Å². The molecule has 0 saturated heterocycles. The monoisotopic (exact) mass is 222 g/mol. The molecule has 15 heavy (non-hydrogen) atoms. The highest BCUT2D eigenvalue weighted by atomic mass is 16.4. The number of aliphatic hydroxyl groups is 1. The van der Waals surface area contributed by atoms with Crippen LogP contribution in [0.3, 0.4) is 0 Å². The van der Waals surface area contributed by atoms with E-state index in [1.54, 1.807) is 0 Å². The molecule has 0 rings (SSSR count). The lowest BCUT2D eigenvalue weighted by Gasteiger charge is -1.97. The summed E-state index contributed by atoms with van der Waals surface area (Å²) < 4.78 is 0. The van der Waals surface area contributed by atoms with Crippen molar-refractivity contribution < 1.29 is 39.6 Å². The minimum absolute atomic E-state index is 0.755. The molecule has 0 aromatic carbocycles. The molecule has 8 nitrogen and oxygen atoms in total. The van der Waals surface area contributed by atoms with Crippen molar-refractivity contribution >= 4 is 23.7 Å². The van der Waals surface area contributed by atoms with E-state index in [-0.39, 0.29) is 0 Å². The van der Waals surface area contributed by atoms with Crippen molar-refractivity contribution in [2.75, 3.05) is 0 Å². The number of aliphatic hydroxyl groups excluding tert-OH is 1. The predicted molar refractivity (Wildman–Crippen MR) is 44.2 cm³/mol. The second-order valence-electron chi connectivity index (χ2n) is 2.31. The fraction of sp³-hybridized carbons (Fsp3) is 0.429. The van der Waals surface area contributed by atoms with Gasteiger partial charge in [0.15, 0.2) is 6.10 Å². The minimum atomic E-state index is -1.79. The first-order chi connectivity index (χ1) is 6.68. The van der Waals surface area contributed by atoms with Crippen molar-refractivity contribution in [3.8, 4) is 0 Å². The zero-order valence-electron chi connectivity index (χ0n) is 7.71. The van der Waals surface area contributed by atoms with Crippen molar-refractivity contribution in [3.63, 3.8) is 0 Å². The molecule has 0 aromatic heterocycles. The molecule has 86 valence electrons. The number of rotatable bonds is 4. The maximum absolute atomic E-state index is 9.72. The van der Waals surface area contributed by atoms with Crippen LogP contribution in [-0.2, 0) is 19.2 Å². The number of hydrogen-bond donors (Lipinski definition) is 4. The van der Waals surface area contributed by atoms with Crippen LogP contribution in [0.5, 0.6) is 0 Å². The van der Waals surface area contributed by atoms with Crippen LogP contribution in [0.4, 0.5) is 0 Å². The Hall–Kier alpha value is -1.96. The van der Waals surface area contributed by atoms with Crippen molar-refractivity contribution in [1.82, 2.24) is 0 Å². The number of Topliss-reactive ketones (excluding diaryl/α,β-unsaturated/α-hetero) is 1. The van der Waals surface area contributed by atoms with Gasteiger partial charge in [0.05, 0.1) is 6.42 Å². The molecule has 0 aliphatic rings. The third-order valence-electron chi connectivity index (χ3n) is 0.954. The minimum Gasteiger partial charge on any atom is -0.481 e. The first-order valence-electron chi connectivity index (χ1n) is 3.55. The van der Waals surface area contributed by atoms with Gasteiger partial charge in [-0.25, -0.2) is 9.59 Å². The van der Waals surface area contributed by atoms with E-state index in [1.165, 1.54) is 0 Å². The molecule has 0 heterocycles. The van der Waals surface area contributed by atoms with Crippen molar-refractivity contribution in [3.05, 3.63) is 0 Å². The Morgan fingerprint density at radius 3 is 1.47 bits per heavy atom. The second-order valence-corrected chi connectivity index (χ2v) is 2.31. The quantitative estimate of drug-likeness (QED) is 0.422. The van der Waals surface area contributed by atoms with Crippen molar-refractivity contribution in [2.45, 2.75) is 19.4 Å². The molecule has 1 atom stereocenters. The summed E-state index contributed by atoms with van der Waals surface area (Å²) in [6.45, 7) is 1.00. The van der Waals surface area contributed by atoms with Gasteiger partial charge in [0.2, 0.25) is 5.78 Å².